The van der Waals surface area contributed by atoms with Gasteiger partial charge in [-0.25, -0.2) is 4.98 Å². The minimum Gasteiger partial charge on any atom is -0.381 e. The van der Waals surface area contributed by atoms with Gasteiger partial charge < -0.3 is 5.32 Å². The van der Waals surface area contributed by atoms with Gasteiger partial charge in [0.25, 0.3) is 6.20 Å². The van der Waals surface area contributed by atoms with Crippen LogP contribution in [-0.4, -0.2) is 15.9 Å². The van der Waals surface area contributed by atoms with Crippen molar-refractivity contribution in [3.63, 3.8) is 0 Å². The Kier molecular flexibility index (Phi) is 5.58. The van der Waals surface area contributed by atoms with Gasteiger partial charge in [-0.2, -0.15) is 0 Å². The molecule has 0 spiro atoms. The molecule has 0 aliphatic rings. The minimum absolute atomic E-state index is 0.191. The van der Waals surface area contributed by atoms with E-state index < -0.39 is 4.92 Å². The van der Waals surface area contributed by atoms with Gasteiger partial charge in [0.15, 0.2) is 0 Å². The Morgan fingerprint density at radius 2 is 2.39 bits per heavy atom. The van der Waals surface area contributed by atoms with Crippen LogP contribution >= 0.6 is 11.6 Å². The Bertz CT molecular complexity index is 431. The number of nitro groups is 1. The number of rotatable bonds is 6. The molecule has 0 radical (unpaired) electrons. The summed E-state index contributed by atoms with van der Waals surface area (Å²) in [5.41, 5.74) is 1.45. The van der Waals surface area contributed by atoms with Crippen LogP contribution in [0.3, 0.4) is 0 Å². The molecule has 98 valence electrons. The van der Waals surface area contributed by atoms with Crippen molar-refractivity contribution < 1.29 is 4.92 Å². The molecular weight excluding hydrogens is 254 g/mol. The van der Waals surface area contributed by atoms with Crippen molar-refractivity contribution in [1.82, 2.24) is 10.3 Å². The first-order valence-electron chi connectivity index (χ1n) is 5.72. The fourth-order valence-corrected chi connectivity index (χ4v) is 1.52. The van der Waals surface area contributed by atoms with E-state index >= 15 is 0 Å². The Balaban J connectivity index is 2.78. The molecule has 0 amide bonds. The quantitative estimate of drug-likeness (QED) is 0.490. The number of hydrogen-bond acceptors (Lipinski definition) is 4. The second kappa shape index (κ2) is 6.96. The van der Waals surface area contributed by atoms with Gasteiger partial charge in [0, 0.05) is 18.7 Å². The zero-order chi connectivity index (χ0) is 13.5. The predicted octanol–water partition coefficient (Wildman–Crippen LogP) is 2.78. The highest BCUT2D eigenvalue weighted by Crippen LogP contribution is 2.10. The maximum absolute atomic E-state index is 10.6. The fraction of sp³-hybridized carbons (Fsp3) is 0.417. The number of allylic oxidation sites excluding steroid dienone is 1. The van der Waals surface area contributed by atoms with E-state index in [0.29, 0.717) is 17.3 Å². The zero-order valence-electron chi connectivity index (χ0n) is 10.4. The molecule has 0 aromatic carbocycles. The van der Waals surface area contributed by atoms with E-state index in [9.17, 15) is 10.1 Å². The number of hydrogen-bond donors (Lipinski definition) is 1. The second-order valence-electron chi connectivity index (χ2n) is 4.06. The molecule has 0 bridgehead atoms. The van der Waals surface area contributed by atoms with Crippen LogP contribution in [0.25, 0.3) is 0 Å². The van der Waals surface area contributed by atoms with Gasteiger partial charge in [-0.15, -0.1) is 0 Å². The molecule has 1 unspecified atom stereocenters. The summed E-state index contributed by atoms with van der Waals surface area (Å²) in [5, 5.41) is 14.1. The summed E-state index contributed by atoms with van der Waals surface area (Å²) in [6.07, 6.45) is 3.96. The van der Waals surface area contributed by atoms with Crippen LogP contribution in [0.15, 0.2) is 30.2 Å². The molecule has 18 heavy (non-hydrogen) atoms. The summed E-state index contributed by atoms with van der Waals surface area (Å²) >= 11 is 5.69. The number of halogens is 1. The van der Waals surface area contributed by atoms with Crippen molar-refractivity contribution >= 4 is 11.6 Å². The highest BCUT2D eigenvalue weighted by atomic mass is 35.5. The van der Waals surface area contributed by atoms with E-state index in [-0.39, 0.29) is 6.04 Å². The first-order valence-corrected chi connectivity index (χ1v) is 6.10. The van der Waals surface area contributed by atoms with Gasteiger partial charge in [-0.3, -0.25) is 10.1 Å². The third-order valence-corrected chi connectivity index (χ3v) is 2.71. The van der Waals surface area contributed by atoms with Crippen LogP contribution in [0.5, 0.6) is 0 Å². The van der Waals surface area contributed by atoms with Crippen LogP contribution < -0.4 is 5.32 Å². The molecule has 6 heteroatoms. The molecule has 1 rings (SSSR count). The number of aromatic nitrogens is 1. The number of pyridine rings is 1. The smallest absolute Gasteiger partial charge is 0.253 e. The lowest BCUT2D eigenvalue weighted by atomic mass is 10.1. The van der Waals surface area contributed by atoms with Crippen LogP contribution in [0.2, 0.25) is 5.15 Å². The SMILES string of the molecule is CCC(C)NC(=C[N+](=O)[O-])Cc1ccc(Cl)nc1. The van der Waals surface area contributed by atoms with Crippen LogP contribution in [0.4, 0.5) is 0 Å². The Morgan fingerprint density at radius 1 is 1.67 bits per heavy atom. The monoisotopic (exact) mass is 269 g/mol. The summed E-state index contributed by atoms with van der Waals surface area (Å²) in [6.45, 7) is 4.00. The van der Waals surface area contributed by atoms with Gasteiger partial charge in [0.05, 0.1) is 10.6 Å². The maximum Gasteiger partial charge on any atom is 0.253 e. The molecule has 0 aliphatic heterocycles. The van der Waals surface area contributed by atoms with E-state index in [2.05, 4.69) is 10.3 Å². The van der Waals surface area contributed by atoms with Crippen molar-refractivity contribution in [2.45, 2.75) is 32.7 Å². The van der Waals surface area contributed by atoms with Crippen LogP contribution in [0, 0.1) is 10.1 Å². The predicted molar refractivity (Wildman–Crippen MR) is 70.9 cm³/mol. The Labute approximate surface area is 111 Å². The summed E-state index contributed by atoms with van der Waals surface area (Å²) in [7, 11) is 0. The molecule has 0 fully saturated rings. The van der Waals surface area contributed by atoms with Gasteiger partial charge in [-0.05, 0) is 25.0 Å². The molecule has 1 heterocycles. The molecule has 1 aromatic rings. The van der Waals surface area contributed by atoms with Crippen molar-refractivity contribution in [3.8, 4) is 0 Å². The lowest BCUT2D eigenvalue weighted by molar-refractivity contribution is -0.403. The lowest BCUT2D eigenvalue weighted by Gasteiger charge is -2.14. The van der Waals surface area contributed by atoms with Crippen LogP contribution in [-0.2, 0) is 6.42 Å². The first-order chi connectivity index (χ1) is 8.51. The van der Waals surface area contributed by atoms with Gasteiger partial charge in [0.1, 0.15) is 5.15 Å². The average Bonchev–Trinajstić information content (AvgIpc) is 2.31. The van der Waals surface area contributed by atoms with Crippen molar-refractivity contribution in [2.24, 2.45) is 0 Å². The second-order valence-corrected chi connectivity index (χ2v) is 4.45. The normalized spacial score (nSPS) is 13.2. The first kappa shape index (κ1) is 14.4. The summed E-state index contributed by atoms with van der Waals surface area (Å²) in [4.78, 5) is 14.1. The zero-order valence-corrected chi connectivity index (χ0v) is 11.1. The molecule has 1 atom stereocenters. The van der Waals surface area contributed by atoms with Crippen LogP contribution in [0.1, 0.15) is 25.8 Å². The third kappa shape index (κ3) is 5.14. The summed E-state index contributed by atoms with van der Waals surface area (Å²) < 4.78 is 0. The molecule has 0 saturated heterocycles. The van der Waals surface area contributed by atoms with E-state index in [1.165, 1.54) is 0 Å². The summed E-state index contributed by atoms with van der Waals surface area (Å²) in [6, 6.07) is 3.67. The fourth-order valence-electron chi connectivity index (χ4n) is 1.41. The molecule has 1 aromatic heterocycles. The van der Waals surface area contributed by atoms with Crippen molar-refractivity contribution in [3.05, 3.63) is 51.1 Å². The molecular formula is C12H16ClN3O2. The molecule has 0 aliphatic carbocycles. The standard InChI is InChI=1S/C12H16ClN3O2/c1-3-9(2)15-11(8-16(17)18)6-10-4-5-12(13)14-7-10/h4-5,7-9,15H,3,6H2,1-2H3. The van der Waals surface area contributed by atoms with Gasteiger partial charge in [0.2, 0.25) is 0 Å². The topological polar surface area (TPSA) is 68.1 Å². The Morgan fingerprint density at radius 3 is 2.89 bits per heavy atom. The molecule has 5 nitrogen and oxygen atoms in total. The maximum atomic E-state index is 10.6. The van der Waals surface area contributed by atoms with E-state index in [1.807, 2.05) is 13.8 Å². The average molecular weight is 270 g/mol. The van der Waals surface area contributed by atoms with Gasteiger partial charge >= 0.3 is 0 Å². The highest BCUT2D eigenvalue weighted by Gasteiger charge is 2.08. The largest absolute Gasteiger partial charge is 0.381 e. The summed E-state index contributed by atoms with van der Waals surface area (Å²) in [5.74, 6) is 0. The molecule has 1 N–H and O–H groups in total. The van der Waals surface area contributed by atoms with E-state index in [1.54, 1.807) is 18.3 Å². The Hall–Kier alpha value is -1.62. The highest BCUT2D eigenvalue weighted by molar-refractivity contribution is 6.29. The van der Waals surface area contributed by atoms with E-state index in [0.717, 1.165) is 18.2 Å². The molecule has 0 saturated carbocycles. The number of nitrogens with zero attached hydrogens (tertiary/aromatic N) is 2. The van der Waals surface area contributed by atoms with Crippen molar-refractivity contribution in [1.29, 1.82) is 0 Å². The lowest BCUT2D eigenvalue weighted by Crippen LogP contribution is -2.26. The number of nitrogens with one attached hydrogen (secondary N) is 1. The van der Waals surface area contributed by atoms with Crippen molar-refractivity contribution in [2.75, 3.05) is 0 Å². The minimum atomic E-state index is -0.450. The van der Waals surface area contributed by atoms with E-state index in [4.69, 9.17) is 11.6 Å². The third-order valence-electron chi connectivity index (χ3n) is 2.49. The van der Waals surface area contributed by atoms with Gasteiger partial charge in [-0.1, -0.05) is 24.6 Å².